The Morgan fingerprint density at radius 3 is 2.88 bits per heavy atom. The van der Waals surface area contributed by atoms with Gasteiger partial charge in [0.25, 0.3) is 0 Å². The first-order valence-electron chi connectivity index (χ1n) is 6.08. The molecule has 1 saturated heterocycles. The lowest BCUT2D eigenvalue weighted by Crippen LogP contribution is -2.38. The van der Waals surface area contributed by atoms with Crippen LogP contribution in [0.3, 0.4) is 0 Å². The maximum absolute atomic E-state index is 4.48. The highest BCUT2D eigenvalue weighted by Gasteiger charge is 2.23. The van der Waals surface area contributed by atoms with Gasteiger partial charge in [-0.1, -0.05) is 6.92 Å². The van der Waals surface area contributed by atoms with Crippen molar-refractivity contribution in [2.75, 3.05) is 24.5 Å². The van der Waals surface area contributed by atoms with Gasteiger partial charge in [-0.3, -0.25) is 4.98 Å². The normalized spacial score (nSPS) is 20.0. The highest BCUT2D eigenvalue weighted by Crippen LogP contribution is 2.20. The molecule has 1 fully saturated rings. The predicted molar refractivity (Wildman–Crippen MR) is 65.7 cm³/mol. The van der Waals surface area contributed by atoms with Crippen molar-refractivity contribution in [3.63, 3.8) is 0 Å². The second-order valence-electron chi connectivity index (χ2n) is 4.31. The van der Waals surface area contributed by atoms with Gasteiger partial charge < -0.3 is 10.2 Å². The third-order valence-electron chi connectivity index (χ3n) is 3.07. The zero-order valence-corrected chi connectivity index (χ0v) is 10.1. The Morgan fingerprint density at radius 2 is 2.25 bits per heavy atom. The van der Waals surface area contributed by atoms with Crippen molar-refractivity contribution in [3.8, 4) is 0 Å². The standard InChI is InChI=1S/C12H20N4/c1-3-8-16(11-4-5-13-9-11)12-10(2)14-6-7-15-12/h6-7,11,13H,3-5,8-9H2,1-2H3. The van der Waals surface area contributed by atoms with Gasteiger partial charge in [0, 0.05) is 31.5 Å². The van der Waals surface area contributed by atoms with Crippen LogP contribution >= 0.6 is 0 Å². The number of aromatic nitrogens is 2. The fraction of sp³-hybridized carbons (Fsp3) is 0.667. The van der Waals surface area contributed by atoms with Crippen LogP contribution < -0.4 is 10.2 Å². The number of rotatable bonds is 4. The van der Waals surface area contributed by atoms with Crippen LogP contribution in [0.5, 0.6) is 0 Å². The van der Waals surface area contributed by atoms with Crippen molar-refractivity contribution >= 4 is 5.82 Å². The molecule has 1 aliphatic rings. The minimum absolute atomic E-state index is 0.579. The minimum atomic E-state index is 0.579. The van der Waals surface area contributed by atoms with Crippen molar-refractivity contribution in [1.29, 1.82) is 0 Å². The van der Waals surface area contributed by atoms with Crippen LogP contribution in [0.2, 0.25) is 0 Å². The van der Waals surface area contributed by atoms with Crippen molar-refractivity contribution in [2.24, 2.45) is 0 Å². The molecule has 0 spiro atoms. The Balaban J connectivity index is 2.21. The molecule has 0 aromatic carbocycles. The summed E-state index contributed by atoms with van der Waals surface area (Å²) in [5.74, 6) is 1.05. The van der Waals surface area contributed by atoms with E-state index < -0.39 is 0 Å². The van der Waals surface area contributed by atoms with Crippen LogP contribution in [-0.4, -0.2) is 35.6 Å². The molecule has 88 valence electrons. The van der Waals surface area contributed by atoms with Gasteiger partial charge in [-0.25, -0.2) is 4.98 Å². The van der Waals surface area contributed by atoms with Crippen LogP contribution in [0.4, 0.5) is 5.82 Å². The van der Waals surface area contributed by atoms with E-state index in [1.807, 2.05) is 6.92 Å². The first-order valence-corrected chi connectivity index (χ1v) is 6.08. The summed E-state index contributed by atoms with van der Waals surface area (Å²) < 4.78 is 0. The summed E-state index contributed by atoms with van der Waals surface area (Å²) in [6.45, 7) is 7.49. The second kappa shape index (κ2) is 5.25. The summed E-state index contributed by atoms with van der Waals surface area (Å²) in [6.07, 6.45) is 5.89. The zero-order valence-electron chi connectivity index (χ0n) is 10.1. The lowest BCUT2D eigenvalue weighted by Gasteiger charge is -2.29. The molecule has 0 radical (unpaired) electrons. The minimum Gasteiger partial charge on any atom is -0.351 e. The molecular formula is C12H20N4. The molecule has 1 aromatic heterocycles. The first kappa shape index (κ1) is 11.3. The number of aryl methyl sites for hydroxylation is 1. The van der Waals surface area contributed by atoms with Gasteiger partial charge >= 0.3 is 0 Å². The van der Waals surface area contributed by atoms with Crippen LogP contribution in [0.15, 0.2) is 12.4 Å². The fourth-order valence-electron chi connectivity index (χ4n) is 2.29. The number of nitrogens with one attached hydrogen (secondary N) is 1. The van der Waals surface area contributed by atoms with E-state index in [1.54, 1.807) is 12.4 Å². The van der Waals surface area contributed by atoms with Crippen molar-refractivity contribution < 1.29 is 0 Å². The Morgan fingerprint density at radius 1 is 1.44 bits per heavy atom. The van der Waals surface area contributed by atoms with Gasteiger partial charge in [0.15, 0.2) is 0 Å². The van der Waals surface area contributed by atoms with Gasteiger partial charge in [0.1, 0.15) is 5.82 Å². The van der Waals surface area contributed by atoms with Crippen LogP contribution in [0, 0.1) is 6.92 Å². The van der Waals surface area contributed by atoms with Gasteiger partial charge in [-0.05, 0) is 26.3 Å². The lowest BCUT2D eigenvalue weighted by molar-refractivity contribution is 0.614. The summed E-state index contributed by atoms with van der Waals surface area (Å²) >= 11 is 0. The van der Waals surface area contributed by atoms with E-state index in [1.165, 1.54) is 6.42 Å². The Bertz CT molecular complexity index is 334. The second-order valence-corrected chi connectivity index (χ2v) is 4.31. The molecule has 2 rings (SSSR count). The van der Waals surface area contributed by atoms with Gasteiger partial charge in [0.2, 0.25) is 0 Å². The highest BCUT2D eigenvalue weighted by atomic mass is 15.2. The smallest absolute Gasteiger partial charge is 0.150 e. The quantitative estimate of drug-likeness (QED) is 0.832. The number of nitrogens with zero attached hydrogens (tertiary/aromatic N) is 3. The molecule has 0 amide bonds. The number of hydrogen-bond acceptors (Lipinski definition) is 4. The number of anilines is 1. The van der Waals surface area contributed by atoms with Crippen LogP contribution in [0.25, 0.3) is 0 Å². The topological polar surface area (TPSA) is 41.1 Å². The third kappa shape index (κ3) is 2.32. The molecule has 1 atom stereocenters. The SMILES string of the molecule is CCCN(c1nccnc1C)C1CCNC1. The number of hydrogen-bond donors (Lipinski definition) is 1. The molecular weight excluding hydrogens is 200 g/mol. The molecule has 1 aromatic rings. The average Bonchev–Trinajstić information content (AvgIpc) is 2.80. The lowest BCUT2D eigenvalue weighted by atomic mass is 10.2. The molecule has 0 saturated carbocycles. The van der Waals surface area contributed by atoms with Crippen LogP contribution in [-0.2, 0) is 0 Å². The van der Waals surface area contributed by atoms with E-state index >= 15 is 0 Å². The average molecular weight is 220 g/mol. The molecule has 2 heterocycles. The van der Waals surface area contributed by atoms with E-state index in [0.29, 0.717) is 6.04 Å². The molecule has 1 aliphatic heterocycles. The molecule has 0 aliphatic carbocycles. The molecule has 4 nitrogen and oxygen atoms in total. The van der Waals surface area contributed by atoms with Gasteiger partial charge in [-0.2, -0.15) is 0 Å². The molecule has 1 unspecified atom stereocenters. The van der Waals surface area contributed by atoms with E-state index in [2.05, 4.69) is 27.1 Å². The summed E-state index contributed by atoms with van der Waals surface area (Å²) in [4.78, 5) is 11.2. The molecule has 16 heavy (non-hydrogen) atoms. The maximum atomic E-state index is 4.48. The van der Waals surface area contributed by atoms with Crippen molar-refractivity contribution in [2.45, 2.75) is 32.7 Å². The predicted octanol–water partition coefficient (Wildman–Crippen LogP) is 1.36. The molecule has 4 heteroatoms. The summed E-state index contributed by atoms with van der Waals surface area (Å²) in [7, 11) is 0. The van der Waals surface area contributed by atoms with E-state index in [4.69, 9.17) is 0 Å². The van der Waals surface area contributed by atoms with Gasteiger partial charge in [-0.15, -0.1) is 0 Å². The molecule has 1 N–H and O–H groups in total. The summed E-state index contributed by atoms with van der Waals surface area (Å²) in [5.41, 5.74) is 1.03. The van der Waals surface area contributed by atoms with E-state index in [-0.39, 0.29) is 0 Å². The van der Waals surface area contributed by atoms with E-state index in [9.17, 15) is 0 Å². The first-order chi connectivity index (χ1) is 7.83. The maximum Gasteiger partial charge on any atom is 0.150 e. The molecule has 0 bridgehead atoms. The Labute approximate surface area is 97.1 Å². The highest BCUT2D eigenvalue weighted by molar-refractivity contribution is 5.43. The largest absolute Gasteiger partial charge is 0.351 e. The summed E-state index contributed by atoms with van der Waals surface area (Å²) in [6, 6.07) is 0.579. The van der Waals surface area contributed by atoms with E-state index in [0.717, 1.165) is 37.6 Å². The Kier molecular flexibility index (Phi) is 3.72. The van der Waals surface area contributed by atoms with Crippen molar-refractivity contribution in [3.05, 3.63) is 18.1 Å². The van der Waals surface area contributed by atoms with Crippen LogP contribution in [0.1, 0.15) is 25.5 Å². The van der Waals surface area contributed by atoms with Gasteiger partial charge in [0.05, 0.1) is 5.69 Å². The Hall–Kier alpha value is -1.16. The van der Waals surface area contributed by atoms with Crippen molar-refractivity contribution in [1.82, 2.24) is 15.3 Å². The summed E-state index contributed by atoms with van der Waals surface area (Å²) in [5, 5.41) is 3.41. The third-order valence-corrected chi connectivity index (χ3v) is 3.07. The fourth-order valence-corrected chi connectivity index (χ4v) is 2.29. The zero-order chi connectivity index (χ0) is 11.4. The monoisotopic (exact) mass is 220 g/mol.